The van der Waals surface area contributed by atoms with E-state index in [0.29, 0.717) is 36.2 Å². The number of rotatable bonds is 10. The van der Waals surface area contributed by atoms with Crippen molar-refractivity contribution < 1.29 is 18.0 Å². The van der Waals surface area contributed by atoms with Gasteiger partial charge in [0.05, 0.1) is 29.1 Å². The van der Waals surface area contributed by atoms with Gasteiger partial charge in [0.15, 0.2) is 0 Å². The van der Waals surface area contributed by atoms with Gasteiger partial charge in [0.2, 0.25) is 5.95 Å². The number of nitrogens with zero attached hydrogens (tertiary/aromatic N) is 5. The second kappa shape index (κ2) is 15.2. The first kappa shape index (κ1) is 33.6. The molecule has 0 atom stereocenters. The Morgan fingerprint density at radius 3 is 2.49 bits per heavy atom. The van der Waals surface area contributed by atoms with Gasteiger partial charge in [-0.2, -0.15) is 18.3 Å². The number of carbonyl (C=O) groups is 1. The molecule has 1 saturated heterocycles. The summed E-state index contributed by atoms with van der Waals surface area (Å²) in [5.74, 6) is 5.96. The fourth-order valence-electron chi connectivity index (χ4n) is 5.20. The number of nitrogens with one attached hydrogen (secondary N) is 4. The molecular weight excluding hydrogens is 607 g/mol. The van der Waals surface area contributed by atoms with E-state index in [1.54, 1.807) is 43.8 Å². The van der Waals surface area contributed by atoms with E-state index in [2.05, 4.69) is 60.1 Å². The highest BCUT2D eigenvalue weighted by Gasteiger charge is 2.33. The molecule has 47 heavy (non-hydrogen) atoms. The van der Waals surface area contributed by atoms with E-state index in [9.17, 15) is 18.0 Å². The molecular formula is C34H38F3N9O. The van der Waals surface area contributed by atoms with Crippen LogP contribution in [0, 0.1) is 18.8 Å². The standard InChI is InChI=1S/C34H38F3N9O/c1-23-4-6-26(32(47)43-28-9-8-27(20-39-13-12-38-2)31(17-28)34(35,36)37)16-25(23)7-5-24-18-40-33(41-19-24)44-29-21-42-46(22-29)30-10-14-45(3)15-11-30/h4,6,8-9,16-19,21-22,30,38-39H,10-15,20H2,1-3H3,(H,43,47)(H,40,41,44). The summed E-state index contributed by atoms with van der Waals surface area (Å²) in [6.07, 6.45) is 4.48. The predicted molar refractivity (Wildman–Crippen MR) is 175 cm³/mol. The fraction of sp³-hybridized carbons (Fsp3) is 0.353. The summed E-state index contributed by atoms with van der Waals surface area (Å²) in [6, 6.07) is 9.15. The van der Waals surface area contributed by atoms with Gasteiger partial charge in [0, 0.05) is 55.0 Å². The monoisotopic (exact) mass is 645 g/mol. The average Bonchev–Trinajstić information content (AvgIpc) is 3.52. The molecule has 3 heterocycles. The lowest BCUT2D eigenvalue weighted by atomic mass is 10.0. The van der Waals surface area contributed by atoms with Crippen LogP contribution in [-0.2, 0) is 12.7 Å². The normalized spacial score (nSPS) is 14.0. The van der Waals surface area contributed by atoms with Gasteiger partial charge in [-0.1, -0.05) is 24.0 Å². The number of amides is 1. The molecule has 1 amide bonds. The zero-order chi connectivity index (χ0) is 33.4. The van der Waals surface area contributed by atoms with E-state index < -0.39 is 17.6 Å². The van der Waals surface area contributed by atoms with Gasteiger partial charge >= 0.3 is 6.18 Å². The summed E-state index contributed by atoms with van der Waals surface area (Å²) >= 11 is 0. The third-order valence-electron chi connectivity index (χ3n) is 7.95. The van der Waals surface area contributed by atoms with Crippen LogP contribution in [0.1, 0.15) is 57.1 Å². The number of benzene rings is 2. The lowest BCUT2D eigenvalue weighted by molar-refractivity contribution is -0.138. The van der Waals surface area contributed by atoms with Crippen LogP contribution in [0.2, 0.25) is 0 Å². The molecule has 0 unspecified atom stereocenters. The van der Waals surface area contributed by atoms with Gasteiger partial charge in [-0.15, -0.1) is 0 Å². The van der Waals surface area contributed by atoms with Crippen molar-refractivity contribution in [3.8, 4) is 11.8 Å². The molecule has 5 rings (SSSR count). The van der Waals surface area contributed by atoms with E-state index in [1.165, 1.54) is 12.1 Å². The first-order valence-corrected chi connectivity index (χ1v) is 15.4. The molecule has 0 saturated carbocycles. The summed E-state index contributed by atoms with van der Waals surface area (Å²) in [7, 11) is 3.90. The minimum atomic E-state index is -4.57. The third-order valence-corrected chi connectivity index (χ3v) is 7.95. The number of likely N-dealkylation sites (N-methyl/N-ethyl adjacent to an activating group) is 1. The lowest BCUT2D eigenvalue weighted by Gasteiger charge is -2.28. The molecule has 1 aliphatic rings. The van der Waals surface area contributed by atoms with Crippen LogP contribution in [-0.4, -0.2) is 70.8 Å². The summed E-state index contributed by atoms with van der Waals surface area (Å²) in [4.78, 5) is 24.1. The molecule has 4 N–H and O–H groups in total. The number of likely N-dealkylation sites (tertiary alicyclic amines) is 1. The Morgan fingerprint density at radius 2 is 1.77 bits per heavy atom. The van der Waals surface area contributed by atoms with Crippen LogP contribution < -0.4 is 21.3 Å². The van der Waals surface area contributed by atoms with Gasteiger partial charge in [0.25, 0.3) is 5.91 Å². The number of anilines is 3. The maximum Gasteiger partial charge on any atom is 0.416 e. The minimum Gasteiger partial charge on any atom is -0.322 e. The van der Waals surface area contributed by atoms with Gasteiger partial charge in [-0.3, -0.25) is 9.48 Å². The zero-order valence-corrected chi connectivity index (χ0v) is 26.6. The van der Waals surface area contributed by atoms with Crippen molar-refractivity contribution in [2.45, 2.75) is 38.5 Å². The van der Waals surface area contributed by atoms with Crippen molar-refractivity contribution in [2.75, 3.05) is 50.9 Å². The molecule has 1 fully saturated rings. The highest BCUT2D eigenvalue weighted by atomic mass is 19.4. The molecule has 1 aliphatic heterocycles. The molecule has 0 aliphatic carbocycles. The second-order valence-corrected chi connectivity index (χ2v) is 11.5. The first-order chi connectivity index (χ1) is 22.6. The van der Waals surface area contributed by atoms with Crippen molar-refractivity contribution in [3.63, 3.8) is 0 Å². The number of carbonyl (C=O) groups excluding carboxylic acids is 1. The number of aromatic nitrogens is 4. The predicted octanol–water partition coefficient (Wildman–Crippen LogP) is 4.97. The van der Waals surface area contributed by atoms with Crippen LogP contribution >= 0.6 is 0 Å². The highest BCUT2D eigenvalue weighted by Crippen LogP contribution is 2.34. The van der Waals surface area contributed by atoms with Crippen molar-refractivity contribution in [1.82, 2.24) is 35.3 Å². The van der Waals surface area contributed by atoms with Crippen LogP contribution in [0.5, 0.6) is 0 Å². The quantitative estimate of drug-likeness (QED) is 0.141. The molecule has 2 aromatic heterocycles. The van der Waals surface area contributed by atoms with Crippen molar-refractivity contribution in [3.05, 3.63) is 94.6 Å². The summed E-state index contributed by atoms with van der Waals surface area (Å²) in [5, 5.41) is 16.2. The summed E-state index contributed by atoms with van der Waals surface area (Å²) in [6.45, 7) is 5.16. The van der Waals surface area contributed by atoms with Crippen molar-refractivity contribution in [2.24, 2.45) is 0 Å². The van der Waals surface area contributed by atoms with E-state index >= 15 is 0 Å². The first-order valence-electron chi connectivity index (χ1n) is 15.4. The molecule has 4 aromatic rings. The van der Waals surface area contributed by atoms with Gasteiger partial charge in [-0.05, 0) is 82.3 Å². The second-order valence-electron chi connectivity index (χ2n) is 11.5. The smallest absolute Gasteiger partial charge is 0.322 e. The maximum atomic E-state index is 13.8. The Labute approximate surface area is 272 Å². The van der Waals surface area contributed by atoms with E-state index in [-0.39, 0.29) is 23.4 Å². The van der Waals surface area contributed by atoms with Crippen LogP contribution in [0.15, 0.2) is 61.2 Å². The molecule has 13 heteroatoms. The molecule has 10 nitrogen and oxygen atoms in total. The Balaban J connectivity index is 1.22. The topological polar surface area (TPSA) is 112 Å². The Bertz CT molecular complexity index is 1730. The molecule has 0 radical (unpaired) electrons. The number of halogens is 3. The number of hydrogen-bond acceptors (Lipinski definition) is 8. The van der Waals surface area contributed by atoms with Gasteiger partial charge < -0.3 is 26.2 Å². The molecule has 2 aromatic carbocycles. The Morgan fingerprint density at radius 1 is 1.00 bits per heavy atom. The molecule has 0 spiro atoms. The fourth-order valence-corrected chi connectivity index (χ4v) is 5.20. The number of aryl methyl sites for hydroxylation is 1. The maximum absolute atomic E-state index is 13.8. The van der Waals surface area contributed by atoms with Gasteiger partial charge in [0.1, 0.15) is 0 Å². The van der Waals surface area contributed by atoms with Crippen molar-refractivity contribution >= 4 is 23.2 Å². The average molecular weight is 646 g/mol. The molecule has 246 valence electrons. The number of piperidine rings is 1. The Kier molecular flexibility index (Phi) is 10.9. The molecule has 0 bridgehead atoms. The SMILES string of the molecule is CNCCNCc1ccc(NC(=O)c2ccc(C)c(C#Cc3cnc(Nc4cnn(C5CCN(C)CC5)c4)nc3)c2)cc1C(F)(F)F. The highest BCUT2D eigenvalue weighted by molar-refractivity contribution is 6.04. The zero-order valence-electron chi connectivity index (χ0n) is 26.6. The summed E-state index contributed by atoms with van der Waals surface area (Å²) in [5.41, 5.74) is 2.44. The van der Waals surface area contributed by atoms with E-state index in [0.717, 1.165) is 43.2 Å². The van der Waals surface area contributed by atoms with Crippen molar-refractivity contribution in [1.29, 1.82) is 0 Å². The van der Waals surface area contributed by atoms with Crippen LogP contribution in [0.4, 0.5) is 30.5 Å². The lowest BCUT2D eigenvalue weighted by Crippen LogP contribution is -2.31. The Hall–Kier alpha value is -4.77. The van der Waals surface area contributed by atoms with Crippen LogP contribution in [0.3, 0.4) is 0 Å². The third kappa shape index (κ3) is 9.16. The largest absolute Gasteiger partial charge is 0.416 e. The number of hydrogen-bond donors (Lipinski definition) is 4. The number of alkyl halides is 3. The van der Waals surface area contributed by atoms with Gasteiger partial charge in [-0.25, -0.2) is 9.97 Å². The van der Waals surface area contributed by atoms with E-state index in [1.807, 2.05) is 17.8 Å². The van der Waals surface area contributed by atoms with E-state index in [4.69, 9.17) is 0 Å². The minimum absolute atomic E-state index is 0.0505. The van der Waals surface area contributed by atoms with Crippen LogP contribution in [0.25, 0.3) is 0 Å². The summed E-state index contributed by atoms with van der Waals surface area (Å²) < 4.78 is 43.4.